The van der Waals surface area contributed by atoms with Crippen LogP contribution in [-0.4, -0.2) is 12.4 Å². The summed E-state index contributed by atoms with van der Waals surface area (Å²) in [4.78, 5) is 2.02. The van der Waals surface area contributed by atoms with Gasteiger partial charge in [0, 0.05) is 23.7 Å². The second-order valence-corrected chi connectivity index (χ2v) is 3.61. The molecule has 0 aromatic heterocycles. The summed E-state index contributed by atoms with van der Waals surface area (Å²) in [5, 5.41) is 8.43. The molecule has 14 heavy (non-hydrogen) atoms. The molecule has 1 aliphatic heterocycles. The van der Waals surface area contributed by atoms with E-state index in [0.717, 1.165) is 30.1 Å². The Bertz CT molecular complexity index is 321. The van der Waals surface area contributed by atoms with Crippen molar-refractivity contribution in [1.29, 1.82) is 5.41 Å². The van der Waals surface area contributed by atoms with Crippen LogP contribution in [0.5, 0.6) is 0 Å². The molecular formula is C10H12Cl2N2. The predicted molar refractivity (Wildman–Crippen MR) is 63.0 cm³/mol. The molecule has 1 aromatic carbocycles. The molecule has 0 spiro atoms. The van der Waals surface area contributed by atoms with E-state index in [-0.39, 0.29) is 12.4 Å². The molecule has 0 atom stereocenters. The molecule has 0 aliphatic carbocycles. The van der Waals surface area contributed by atoms with Crippen LogP contribution in [0.15, 0.2) is 24.3 Å². The van der Waals surface area contributed by atoms with Crippen LogP contribution < -0.4 is 4.90 Å². The minimum atomic E-state index is 0. The molecular weight excluding hydrogens is 219 g/mol. The monoisotopic (exact) mass is 230 g/mol. The number of anilines is 1. The Morgan fingerprint density at radius 1 is 1.21 bits per heavy atom. The van der Waals surface area contributed by atoms with Gasteiger partial charge in [-0.05, 0) is 30.7 Å². The molecule has 4 heteroatoms. The molecule has 2 nitrogen and oxygen atoms in total. The van der Waals surface area contributed by atoms with E-state index in [2.05, 4.69) is 0 Å². The number of amidine groups is 1. The van der Waals surface area contributed by atoms with E-state index >= 15 is 0 Å². The Morgan fingerprint density at radius 3 is 2.36 bits per heavy atom. The fourth-order valence-corrected chi connectivity index (χ4v) is 1.71. The van der Waals surface area contributed by atoms with E-state index in [9.17, 15) is 0 Å². The van der Waals surface area contributed by atoms with Crippen LogP contribution >= 0.6 is 24.0 Å². The first kappa shape index (κ1) is 11.3. The van der Waals surface area contributed by atoms with E-state index in [0.29, 0.717) is 5.84 Å². The van der Waals surface area contributed by atoms with Crippen molar-refractivity contribution in [3.63, 3.8) is 0 Å². The smallest absolute Gasteiger partial charge is 0.100 e. The van der Waals surface area contributed by atoms with Gasteiger partial charge >= 0.3 is 0 Å². The number of halogens is 2. The Kier molecular flexibility index (Phi) is 3.78. The van der Waals surface area contributed by atoms with E-state index in [4.69, 9.17) is 17.0 Å². The predicted octanol–water partition coefficient (Wildman–Crippen LogP) is 3.34. The van der Waals surface area contributed by atoms with Crippen molar-refractivity contribution in [2.45, 2.75) is 12.8 Å². The van der Waals surface area contributed by atoms with Crippen LogP contribution in [0.25, 0.3) is 0 Å². The summed E-state index contributed by atoms with van der Waals surface area (Å²) in [6.45, 7) is 0.959. The molecule has 1 fully saturated rings. The van der Waals surface area contributed by atoms with Gasteiger partial charge in [-0.15, -0.1) is 12.4 Å². The third-order valence-electron chi connectivity index (χ3n) is 2.26. The summed E-state index contributed by atoms with van der Waals surface area (Å²) in [7, 11) is 0. The molecule has 0 bridgehead atoms. The maximum Gasteiger partial charge on any atom is 0.100 e. The molecule has 0 amide bonds. The van der Waals surface area contributed by atoms with E-state index in [1.54, 1.807) is 0 Å². The molecule has 0 unspecified atom stereocenters. The van der Waals surface area contributed by atoms with Crippen LogP contribution in [-0.2, 0) is 0 Å². The first-order valence-corrected chi connectivity index (χ1v) is 4.76. The highest BCUT2D eigenvalue weighted by Gasteiger charge is 2.17. The standard InChI is InChI=1S/C10H11ClN2.ClH/c11-8-3-5-9(6-4-8)13-7-1-2-10(13)12;/h3-6,12H,1-2,7H2;1H. The van der Waals surface area contributed by atoms with Gasteiger partial charge in [0.2, 0.25) is 0 Å². The lowest BCUT2D eigenvalue weighted by atomic mass is 10.3. The van der Waals surface area contributed by atoms with E-state index < -0.39 is 0 Å². The number of hydrogen-bond donors (Lipinski definition) is 1. The largest absolute Gasteiger partial charge is 0.330 e. The van der Waals surface area contributed by atoms with Gasteiger partial charge < -0.3 is 4.90 Å². The topological polar surface area (TPSA) is 27.1 Å². The second-order valence-electron chi connectivity index (χ2n) is 3.18. The zero-order chi connectivity index (χ0) is 9.26. The van der Waals surface area contributed by atoms with Gasteiger partial charge in [0.25, 0.3) is 0 Å². The molecule has 2 rings (SSSR count). The zero-order valence-corrected chi connectivity index (χ0v) is 9.24. The highest BCUT2D eigenvalue weighted by molar-refractivity contribution is 6.30. The normalized spacial score (nSPS) is 15.5. The lowest BCUT2D eigenvalue weighted by Crippen LogP contribution is -2.22. The third-order valence-corrected chi connectivity index (χ3v) is 2.51. The van der Waals surface area contributed by atoms with Gasteiger partial charge in [-0.2, -0.15) is 0 Å². The first-order valence-electron chi connectivity index (χ1n) is 4.38. The quantitative estimate of drug-likeness (QED) is 0.788. The minimum absolute atomic E-state index is 0. The van der Waals surface area contributed by atoms with Crippen LogP contribution in [0.1, 0.15) is 12.8 Å². The van der Waals surface area contributed by atoms with Gasteiger partial charge in [-0.3, -0.25) is 5.41 Å². The van der Waals surface area contributed by atoms with Crippen LogP contribution in [0.2, 0.25) is 5.02 Å². The van der Waals surface area contributed by atoms with Gasteiger partial charge in [-0.25, -0.2) is 0 Å². The maximum atomic E-state index is 7.69. The van der Waals surface area contributed by atoms with E-state index in [1.165, 1.54) is 0 Å². The average Bonchev–Trinajstić information content (AvgIpc) is 2.53. The lowest BCUT2D eigenvalue weighted by molar-refractivity contribution is 0.956. The molecule has 0 radical (unpaired) electrons. The van der Waals surface area contributed by atoms with Gasteiger partial charge in [0.1, 0.15) is 5.84 Å². The Morgan fingerprint density at radius 2 is 1.86 bits per heavy atom. The highest BCUT2D eigenvalue weighted by Crippen LogP contribution is 2.22. The van der Waals surface area contributed by atoms with Crippen LogP contribution in [0.4, 0.5) is 5.69 Å². The molecule has 1 heterocycles. The molecule has 1 N–H and O–H groups in total. The molecule has 0 saturated carbocycles. The molecule has 1 saturated heterocycles. The molecule has 1 aliphatic rings. The Hall–Kier alpha value is -0.730. The van der Waals surface area contributed by atoms with Crippen molar-refractivity contribution < 1.29 is 0 Å². The fraction of sp³-hybridized carbons (Fsp3) is 0.300. The summed E-state index contributed by atoms with van der Waals surface area (Å²) < 4.78 is 0. The average molecular weight is 231 g/mol. The van der Waals surface area contributed by atoms with Crippen molar-refractivity contribution in [3.8, 4) is 0 Å². The molecule has 76 valence electrons. The summed E-state index contributed by atoms with van der Waals surface area (Å²) in [6, 6.07) is 7.65. The van der Waals surface area contributed by atoms with Crippen molar-refractivity contribution in [2.75, 3.05) is 11.4 Å². The highest BCUT2D eigenvalue weighted by atomic mass is 35.5. The summed E-state index contributed by atoms with van der Waals surface area (Å²) in [5.74, 6) is 0.710. The summed E-state index contributed by atoms with van der Waals surface area (Å²) in [5.41, 5.74) is 1.08. The number of rotatable bonds is 1. The van der Waals surface area contributed by atoms with Crippen molar-refractivity contribution in [3.05, 3.63) is 29.3 Å². The lowest BCUT2D eigenvalue weighted by Gasteiger charge is -2.17. The van der Waals surface area contributed by atoms with Crippen molar-refractivity contribution in [2.24, 2.45) is 0 Å². The Balaban J connectivity index is 0.000000980. The summed E-state index contributed by atoms with van der Waals surface area (Å²) >= 11 is 5.78. The number of hydrogen-bond acceptors (Lipinski definition) is 1. The van der Waals surface area contributed by atoms with Gasteiger partial charge in [0.15, 0.2) is 0 Å². The van der Waals surface area contributed by atoms with Crippen molar-refractivity contribution in [1.82, 2.24) is 0 Å². The Labute approximate surface area is 94.8 Å². The van der Waals surface area contributed by atoms with Gasteiger partial charge in [0.05, 0.1) is 0 Å². The van der Waals surface area contributed by atoms with Crippen LogP contribution in [0.3, 0.4) is 0 Å². The van der Waals surface area contributed by atoms with Crippen LogP contribution in [0, 0.1) is 5.41 Å². The SMILES string of the molecule is Cl.N=C1CCCN1c1ccc(Cl)cc1. The molecule has 1 aromatic rings. The summed E-state index contributed by atoms with van der Waals surface area (Å²) in [6.07, 6.45) is 1.98. The number of nitrogens with zero attached hydrogens (tertiary/aromatic N) is 1. The number of benzene rings is 1. The third kappa shape index (κ3) is 2.20. The second kappa shape index (κ2) is 4.67. The first-order chi connectivity index (χ1) is 6.27. The van der Waals surface area contributed by atoms with Crippen molar-refractivity contribution >= 4 is 35.5 Å². The minimum Gasteiger partial charge on any atom is -0.330 e. The maximum absolute atomic E-state index is 7.69. The number of nitrogens with one attached hydrogen (secondary N) is 1. The van der Waals surface area contributed by atoms with Gasteiger partial charge in [-0.1, -0.05) is 11.6 Å². The fourth-order valence-electron chi connectivity index (χ4n) is 1.58. The van der Waals surface area contributed by atoms with E-state index in [1.807, 2.05) is 29.2 Å². The zero-order valence-electron chi connectivity index (χ0n) is 7.66.